The molecule has 238 valence electrons. The molecule has 0 saturated carbocycles. The Morgan fingerprint density at radius 1 is 0.711 bits per heavy atom. The molecule has 0 fully saturated rings. The zero-order chi connectivity index (χ0) is 32.8. The smallest absolute Gasteiger partial charge is 0.343 e. The van der Waals surface area contributed by atoms with Crippen molar-refractivity contribution < 1.29 is 47.9 Å². The normalized spacial score (nSPS) is 11.1. The van der Waals surface area contributed by atoms with E-state index >= 15 is 0 Å². The van der Waals surface area contributed by atoms with Crippen molar-refractivity contribution in [3.05, 3.63) is 108 Å². The first-order chi connectivity index (χ1) is 21.5. The van der Waals surface area contributed by atoms with Crippen LogP contribution in [0.15, 0.2) is 91.0 Å². The Kier molecular flexibility index (Phi) is 13.2. The lowest BCUT2D eigenvalue weighted by atomic mass is 10.2. The summed E-state index contributed by atoms with van der Waals surface area (Å²) in [6.07, 6.45) is -0.197. The minimum absolute atomic E-state index is 0.223. The maximum atomic E-state index is 12.7. The molecule has 0 saturated heterocycles. The molecule has 0 amide bonds. The monoisotopic (exact) mass is 618 g/mol. The Morgan fingerprint density at radius 3 is 1.69 bits per heavy atom. The van der Waals surface area contributed by atoms with Gasteiger partial charge in [-0.3, -0.25) is 0 Å². The van der Waals surface area contributed by atoms with Gasteiger partial charge in [0.2, 0.25) is 6.29 Å². The molecule has 0 aliphatic carbocycles. The van der Waals surface area contributed by atoms with Crippen LogP contribution in [-0.2, 0) is 19.1 Å². The fourth-order valence-corrected chi connectivity index (χ4v) is 3.66. The van der Waals surface area contributed by atoms with Crippen molar-refractivity contribution >= 4 is 17.9 Å². The van der Waals surface area contributed by atoms with Crippen LogP contribution < -0.4 is 18.9 Å². The molecule has 3 rings (SSSR count). The van der Waals surface area contributed by atoms with Gasteiger partial charge in [-0.25, -0.2) is 14.4 Å². The highest BCUT2D eigenvalue weighted by molar-refractivity contribution is 5.91. The lowest BCUT2D eigenvalue weighted by Crippen LogP contribution is -2.10. The van der Waals surface area contributed by atoms with Crippen molar-refractivity contribution in [2.75, 3.05) is 26.4 Å². The van der Waals surface area contributed by atoms with Gasteiger partial charge in [0.05, 0.1) is 32.0 Å². The summed E-state index contributed by atoms with van der Waals surface area (Å²) < 4.78 is 32.5. The van der Waals surface area contributed by atoms with E-state index in [1.807, 2.05) is 0 Å². The molecule has 10 heteroatoms. The topological polar surface area (TPSA) is 127 Å². The van der Waals surface area contributed by atoms with Crippen LogP contribution in [0.4, 0.5) is 0 Å². The molecule has 10 nitrogen and oxygen atoms in total. The predicted octanol–water partition coefficient (Wildman–Crippen LogP) is 6.06. The average molecular weight is 619 g/mol. The maximum absolute atomic E-state index is 12.7. The van der Waals surface area contributed by atoms with Gasteiger partial charge in [-0.15, -0.1) is 0 Å². The zero-order valence-corrected chi connectivity index (χ0v) is 25.7. The largest absolute Gasteiger partial charge is 0.493 e. The molecule has 0 radical (unpaired) electrons. The molecular weight excluding hydrogens is 580 g/mol. The first kappa shape index (κ1) is 34.4. The molecule has 3 aromatic rings. The third kappa shape index (κ3) is 11.5. The number of ether oxygens (including phenoxy) is 6. The standard InChI is InChI=1S/C35H38O10/c1-23(2)32(36)42-20-6-18-40-28-12-8-26(9-13-28)34(38)44-30-16-17-31(25(5)22-30)45-35(39)27-10-14-29(15-11-27)41-19-7-21-43-33(37)24(3)4/h8-17,22,34,38H,1,3,6-7,18-21H2,2,4-5H3. The van der Waals surface area contributed by atoms with Crippen LogP contribution in [0.2, 0.25) is 0 Å². The van der Waals surface area contributed by atoms with E-state index in [4.69, 9.17) is 28.4 Å². The second-order valence-electron chi connectivity index (χ2n) is 10.1. The highest BCUT2D eigenvalue weighted by Crippen LogP contribution is 2.28. The van der Waals surface area contributed by atoms with Gasteiger partial charge in [0, 0.05) is 29.6 Å². The first-order valence-electron chi connectivity index (χ1n) is 14.3. The fraction of sp³-hybridized carbons (Fsp3) is 0.286. The summed E-state index contributed by atoms with van der Waals surface area (Å²) in [7, 11) is 0. The van der Waals surface area contributed by atoms with Crippen molar-refractivity contribution in [3.63, 3.8) is 0 Å². The summed E-state index contributed by atoms with van der Waals surface area (Å²) in [4.78, 5) is 35.5. The molecule has 1 unspecified atom stereocenters. The van der Waals surface area contributed by atoms with Gasteiger partial charge in [-0.1, -0.05) is 13.2 Å². The lowest BCUT2D eigenvalue weighted by molar-refractivity contribution is -0.140. The van der Waals surface area contributed by atoms with E-state index in [-0.39, 0.29) is 13.2 Å². The van der Waals surface area contributed by atoms with Crippen molar-refractivity contribution in [3.8, 4) is 23.0 Å². The van der Waals surface area contributed by atoms with Crippen LogP contribution in [0.1, 0.15) is 54.5 Å². The highest BCUT2D eigenvalue weighted by atomic mass is 16.6. The molecule has 0 bridgehead atoms. The molecule has 45 heavy (non-hydrogen) atoms. The lowest BCUT2D eigenvalue weighted by Gasteiger charge is -2.16. The number of esters is 3. The van der Waals surface area contributed by atoms with Crippen molar-refractivity contribution in [1.29, 1.82) is 0 Å². The number of hydrogen-bond donors (Lipinski definition) is 1. The van der Waals surface area contributed by atoms with Gasteiger partial charge < -0.3 is 33.5 Å². The van der Waals surface area contributed by atoms with Crippen molar-refractivity contribution in [2.45, 2.75) is 39.9 Å². The number of benzene rings is 3. The summed E-state index contributed by atoms with van der Waals surface area (Å²) in [5.41, 5.74) is 2.19. The van der Waals surface area contributed by atoms with Crippen LogP contribution in [0.5, 0.6) is 23.0 Å². The molecule has 3 aromatic carbocycles. The Bertz CT molecular complexity index is 1480. The van der Waals surface area contributed by atoms with Gasteiger partial charge in [0.1, 0.15) is 23.0 Å². The van der Waals surface area contributed by atoms with Gasteiger partial charge in [0.15, 0.2) is 0 Å². The first-order valence-corrected chi connectivity index (χ1v) is 14.3. The maximum Gasteiger partial charge on any atom is 0.343 e. The van der Waals surface area contributed by atoms with E-state index in [1.54, 1.807) is 87.5 Å². The van der Waals surface area contributed by atoms with Crippen LogP contribution in [-0.4, -0.2) is 49.4 Å². The average Bonchev–Trinajstić information content (AvgIpc) is 3.02. The predicted molar refractivity (Wildman–Crippen MR) is 166 cm³/mol. The minimum Gasteiger partial charge on any atom is -0.493 e. The number of aryl methyl sites for hydroxylation is 1. The van der Waals surface area contributed by atoms with Crippen LogP contribution in [0, 0.1) is 6.92 Å². The summed E-state index contributed by atoms with van der Waals surface area (Å²) in [6, 6.07) is 18.1. The summed E-state index contributed by atoms with van der Waals surface area (Å²) in [6.45, 7) is 13.1. The molecular formula is C35H38O10. The summed E-state index contributed by atoms with van der Waals surface area (Å²) >= 11 is 0. The van der Waals surface area contributed by atoms with E-state index in [2.05, 4.69) is 13.2 Å². The highest BCUT2D eigenvalue weighted by Gasteiger charge is 2.14. The Hall–Kier alpha value is -5.09. The number of aliphatic hydroxyl groups excluding tert-OH is 1. The number of rotatable bonds is 17. The Labute approximate surface area is 262 Å². The minimum atomic E-state index is -1.24. The SMILES string of the molecule is C=C(C)C(=O)OCCCOc1ccc(C(=O)Oc2ccc(OC(O)c3ccc(OCCCOC(=O)C(=C)C)cc3)cc2C)cc1. The summed E-state index contributed by atoms with van der Waals surface area (Å²) in [5.74, 6) is 0.497. The Balaban J connectivity index is 1.43. The number of carbonyl (C=O) groups is 3. The van der Waals surface area contributed by atoms with E-state index in [0.29, 0.717) is 76.9 Å². The second-order valence-corrected chi connectivity index (χ2v) is 10.1. The van der Waals surface area contributed by atoms with Gasteiger partial charge in [0.25, 0.3) is 0 Å². The summed E-state index contributed by atoms with van der Waals surface area (Å²) in [5, 5.41) is 10.6. The third-order valence-electron chi connectivity index (χ3n) is 6.13. The quantitative estimate of drug-likeness (QED) is 0.0627. The van der Waals surface area contributed by atoms with E-state index in [0.717, 1.165) is 0 Å². The molecule has 1 atom stereocenters. The molecule has 0 aromatic heterocycles. The fourth-order valence-electron chi connectivity index (χ4n) is 3.66. The van der Waals surface area contributed by atoms with Crippen LogP contribution >= 0.6 is 0 Å². The molecule has 0 spiro atoms. The molecule has 1 N–H and O–H groups in total. The Morgan fingerprint density at radius 2 is 1.20 bits per heavy atom. The van der Waals surface area contributed by atoms with Crippen LogP contribution in [0.25, 0.3) is 0 Å². The van der Waals surface area contributed by atoms with Gasteiger partial charge in [-0.2, -0.15) is 0 Å². The van der Waals surface area contributed by atoms with E-state index in [9.17, 15) is 19.5 Å². The van der Waals surface area contributed by atoms with Gasteiger partial charge in [-0.05, 0) is 93.1 Å². The van der Waals surface area contributed by atoms with Crippen molar-refractivity contribution in [2.24, 2.45) is 0 Å². The van der Waals surface area contributed by atoms with Gasteiger partial charge >= 0.3 is 17.9 Å². The molecule has 0 aliphatic rings. The van der Waals surface area contributed by atoms with Crippen LogP contribution in [0.3, 0.4) is 0 Å². The number of carbonyl (C=O) groups excluding carboxylic acids is 3. The number of aliphatic hydroxyl groups is 1. The zero-order valence-electron chi connectivity index (χ0n) is 25.7. The molecule has 0 heterocycles. The second kappa shape index (κ2) is 17.3. The van der Waals surface area contributed by atoms with Crippen molar-refractivity contribution in [1.82, 2.24) is 0 Å². The number of hydrogen-bond acceptors (Lipinski definition) is 10. The third-order valence-corrected chi connectivity index (χ3v) is 6.13. The van der Waals surface area contributed by atoms with E-state index < -0.39 is 24.2 Å². The van der Waals surface area contributed by atoms with E-state index in [1.165, 1.54) is 0 Å². The molecule has 0 aliphatic heterocycles.